The summed E-state index contributed by atoms with van der Waals surface area (Å²) in [7, 11) is 0. The maximum absolute atomic E-state index is 11.6. The van der Waals surface area contributed by atoms with Gasteiger partial charge in [-0.2, -0.15) is 0 Å². The molecule has 1 unspecified atom stereocenters. The van der Waals surface area contributed by atoms with Crippen LogP contribution in [0.15, 0.2) is 54.6 Å². The minimum absolute atomic E-state index is 0.147. The molecule has 0 aliphatic carbocycles. The van der Waals surface area contributed by atoms with Crippen LogP contribution >= 0.6 is 0 Å². The van der Waals surface area contributed by atoms with Crippen LogP contribution in [0, 0.1) is 5.92 Å². The Kier molecular flexibility index (Phi) is 7.22. The summed E-state index contributed by atoms with van der Waals surface area (Å²) >= 11 is 0. The zero-order chi connectivity index (χ0) is 19.0. The summed E-state index contributed by atoms with van der Waals surface area (Å²) in [5, 5.41) is 18.9. The molecular weight excluding hydrogens is 328 g/mol. The van der Waals surface area contributed by atoms with Crippen LogP contribution in [0.2, 0.25) is 0 Å². The summed E-state index contributed by atoms with van der Waals surface area (Å²) in [6, 6.07) is 17.0. The van der Waals surface area contributed by atoms with E-state index in [0.717, 1.165) is 17.5 Å². The lowest BCUT2D eigenvalue weighted by molar-refractivity contribution is -0.142. The van der Waals surface area contributed by atoms with Crippen molar-refractivity contribution in [2.45, 2.75) is 45.1 Å². The molecule has 0 heterocycles. The van der Waals surface area contributed by atoms with E-state index in [0.29, 0.717) is 26.1 Å². The van der Waals surface area contributed by atoms with Crippen LogP contribution in [0.1, 0.15) is 44.2 Å². The van der Waals surface area contributed by atoms with Crippen molar-refractivity contribution < 1.29 is 19.7 Å². The first kappa shape index (κ1) is 20.0. The van der Waals surface area contributed by atoms with Crippen LogP contribution in [0.5, 0.6) is 5.75 Å². The predicted molar refractivity (Wildman–Crippen MR) is 102 cm³/mol. The third-order valence-electron chi connectivity index (χ3n) is 4.84. The molecule has 0 aliphatic rings. The molecule has 140 valence electrons. The van der Waals surface area contributed by atoms with Gasteiger partial charge in [0.2, 0.25) is 0 Å². The van der Waals surface area contributed by atoms with Crippen molar-refractivity contribution in [3.63, 3.8) is 0 Å². The Morgan fingerprint density at radius 2 is 1.69 bits per heavy atom. The Morgan fingerprint density at radius 3 is 2.31 bits per heavy atom. The minimum Gasteiger partial charge on any atom is -0.508 e. The molecule has 4 nitrogen and oxygen atoms in total. The van der Waals surface area contributed by atoms with E-state index in [2.05, 4.69) is 13.8 Å². The number of phenolic OH excluding ortho intramolecular Hbond substituents is 1. The van der Waals surface area contributed by atoms with Gasteiger partial charge in [0, 0.05) is 6.61 Å². The third kappa shape index (κ3) is 6.19. The molecule has 0 aromatic heterocycles. The molecular formula is C22H28O4. The van der Waals surface area contributed by atoms with Crippen molar-refractivity contribution in [1.82, 2.24) is 0 Å². The molecule has 0 bridgehead atoms. The van der Waals surface area contributed by atoms with E-state index in [-0.39, 0.29) is 11.2 Å². The quantitative estimate of drug-likeness (QED) is 0.603. The highest BCUT2D eigenvalue weighted by molar-refractivity contribution is 5.69. The fourth-order valence-corrected chi connectivity index (χ4v) is 2.97. The van der Waals surface area contributed by atoms with Crippen molar-refractivity contribution in [1.29, 1.82) is 0 Å². The van der Waals surface area contributed by atoms with Gasteiger partial charge in [-0.05, 0) is 47.9 Å². The van der Waals surface area contributed by atoms with E-state index in [4.69, 9.17) is 4.74 Å². The molecule has 2 N–H and O–H groups in total. The summed E-state index contributed by atoms with van der Waals surface area (Å²) in [6.07, 6.45) is 1.86. The van der Waals surface area contributed by atoms with Gasteiger partial charge in [-0.15, -0.1) is 0 Å². The Labute approximate surface area is 155 Å². The van der Waals surface area contributed by atoms with E-state index >= 15 is 0 Å². The Bertz CT molecular complexity index is 677. The van der Waals surface area contributed by atoms with Crippen molar-refractivity contribution in [2.24, 2.45) is 5.92 Å². The number of ether oxygens (including phenoxy) is 1. The molecule has 0 amide bonds. The van der Waals surface area contributed by atoms with Gasteiger partial charge in [0.25, 0.3) is 0 Å². The second kappa shape index (κ2) is 9.39. The fraction of sp³-hybridized carbons (Fsp3) is 0.409. The lowest BCUT2D eigenvalue weighted by atomic mass is 9.78. The fourth-order valence-electron chi connectivity index (χ4n) is 2.97. The van der Waals surface area contributed by atoms with Crippen LogP contribution in [0.3, 0.4) is 0 Å². The highest BCUT2D eigenvalue weighted by atomic mass is 16.5. The van der Waals surface area contributed by atoms with Crippen LogP contribution in [0.4, 0.5) is 0 Å². The number of hydrogen-bond donors (Lipinski definition) is 2. The molecule has 0 radical (unpaired) electrons. The molecule has 26 heavy (non-hydrogen) atoms. The van der Waals surface area contributed by atoms with Gasteiger partial charge in [-0.1, -0.05) is 56.3 Å². The molecule has 2 rings (SSSR count). The lowest BCUT2D eigenvalue weighted by Gasteiger charge is -2.27. The van der Waals surface area contributed by atoms with Crippen LogP contribution < -0.4 is 0 Å². The monoisotopic (exact) mass is 356 g/mol. The van der Waals surface area contributed by atoms with Gasteiger partial charge in [0.15, 0.2) is 0 Å². The smallest absolute Gasteiger partial charge is 0.306 e. The molecule has 4 heteroatoms. The maximum atomic E-state index is 11.6. The van der Waals surface area contributed by atoms with Crippen molar-refractivity contribution in [3.05, 3.63) is 65.7 Å². The first-order valence-electron chi connectivity index (χ1n) is 9.02. The Morgan fingerprint density at radius 1 is 1.04 bits per heavy atom. The molecule has 1 atom stereocenters. The standard InChI is InChI=1S/C22H28O4/c1-22(2,19-8-10-20(23)11-9-19)14-12-18(21(24)25)13-15-26-16-17-6-4-3-5-7-17/h3-11,18,23H,12-16H2,1-2H3,(H,24,25). The summed E-state index contributed by atoms with van der Waals surface area (Å²) in [6.45, 7) is 5.14. The van der Waals surface area contributed by atoms with E-state index in [1.807, 2.05) is 42.5 Å². The number of rotatable bonds is 10. The first-order chi connectivity index (χ1) is 12.4. The molecule has 0 saturated carbocycles. The second-order valence-corrected chi connectivity index (χ2v) is 7.33. The Hall–Kier alpha value is -2.33. The lowest BCUT2D eigenvalue weighted by Crippen LogP contribution is -2.22. The normalized spacial score (nSPS) is 12.7. The summed E-state index contributed by atoms with van der Waals surface area (Å²) < 4.78 is 5.64. The van der Waals surface area contributed by atoms with E-state index in [1.165, 1.54) is 0 Å². The predicted octanol–water partition coefficient (Wildman–Crippen LogP) is 4.76. The summed E-state index contributed by atoms with van der Waals surface area (Å²) in [4.78, 5) is 11.6. The highest BCUT2D eigenvalue weighted by Gasteiger charge is 2.25. The molecule has 0 aliphatic heterocycles. The average Bonchev–Trinajstić information content (AvgIpc) is 2.62. The van der Waals surface area contributed by atoms with Gasteiger partial charge < -0.3 is 14.9 Å². The number of aliphatic carboxylic acids is 1. The number of carboxylic acid groups (broad SMARTS) is 1. The molecule has 2 aromatic rings. The minimum atomic E-state index is -0.769. The number of carbonyl (C=O) groups is 1. The number of hydrogen-bond acceptors (Lipinski definition) is 3. The van der Waals surface area contributed by atoms with E-state index in [1.54, 1.807) is 12.1 Å². The molecule has 0 spiro atoms. The largest absolute Gasteiger partial charge is 0.508 e. The number of carboxylic acids is 1. The molecule has 0 saturated heterocycles. The first-order valence-corrected chi connectivity index (χ1v) is 9.02. The van der Waals surface area contributed by atoms with Crippen LogP contribution in [-0.4, -0.2) is 22.8 Å². The van der Waals surface area contributed by atoms with E-state index in [9.17, 15) is 15.0 Å². The third-order valence-corrected chi connectivity index (χ3v) is 4.84. The van der Waals surface area contributed by atoms with E-state index < -0.39 is 11.9 Å². The van der Waals surface area contributed by atoms with Gasteiger partial charge in [0.1, 0.15) is 5.75 Å². The van der Waals surface area contributed by atoms with Crippen LogP contribution in [0.25, 0.3) is 0 Å². The van der Waals surface area contributed by atoms with Gasteiger partial charge in [0.05, 0.1) is 12.5 Å². The Balaban J connectivity index is 1.81. The highest BCUT2D eigenvalue weighted by Crippen LogP contribution is 2.31. The topological polar surface area (TPSA) is 66.8 Å². The second-order valence-electron chi connectivity index (χ2n) is 7.33. The van der Waals surface area contributed by atoms with Crippen molar-refractivity contribution in [2.75, 3.05) is 6.61 Å². The average molecular weight is 356 g/mol. The van der Waals surface area contributed by atoms with Crippen molar-refractivity contribution in [3.8, 4) is 5.75 Å². The van der Waals surface area contributed by atoms with Gasteiger partial charge in [-0.3, -0.25) is 4.79 Å². The zero-order valence-electron chi connectivity index (χ0n) is 15.5. The van der Waals surface area contributed by atoms with Crippen LogP contribution in [-0.2, 0) is 21.6 Å². The van der Waals surface area contributed by atoms with Gasteiger partial charge in [-0.25, -0.2) is 0 Å². The maximum Gasteiger partial charge on any atom is 0.306 e. The summed E-state index contributed by atoms with van der Waals surface area (Å²) in [5.41, 5.74) is 2.04. The number of aromatic hydroxyl groups is 1. The zero-order valence-corrected chi connectivity index (χ0v) is 15.5. The van der Waals surface area contributed by atoms with Crippen molar-refractivity contribution >= 4 is 5.97 Å². The number of benzene rings is 2. The van der Waals surface area contributed by atoms with Gasteiger partial charge >= 0.3 is 5.97 Å². The summed E-state index contributed by atoms with van der Waals surface area (Å²) in [5.74, 6) is -0.944. The number of phenols is 1. The molecule has 2 aromatic carbocycles. The molecule has 0 fully saturated rings. The SMILES string of the molecule is CC(C)(CCC(CCOCc1ccccc1)C(=O)O)c1ccc(O)cc1.